The third-order valence-electron chi connectivity index (χ3n) is 3.56. The smallest absolute Gasteiger partial charge is 0.255 e. The minimum Gasteiger partial charge on any atom is -0.495 e. The maximum Gasteiger partial charge on any atom is 0.255 e. The topological polar surface area (TPSA) is 43.3 Å². The molecular weight excluding hydrogens is 300 g/mol. The van der Waals surface area contributed by atoms with Gasteiger partial charge in [0.05, 0.1) is 12.8 Å². The zero-order valence-electron chi connectivity index (χ0n) is 12.3. The summed E-state index contributed by atoms with van der Waals surface area (Å²) in [5, 5.41) is 4.47. The summed E-state index contributed by atoms with van der Waals surface area (Å²) in [6, 6.07) is 12.7. The van der Waals surface area contributed by atoms with E-state index in [1.54, 1.807) is 31.4 Å². The van der Waals surface area contributed by atoms with Gasteiger partial charge in [-0.3, -0.25) is 4.79 Å². The van der Waals surface area contributed by atoms with Crippen LogP contribution < -0.4 is 10.1 Å². The molecule has 0 saturated heterocycles. The third kappa shape index (κ3) is 2.65. The summed E-state index contributed by atoms with van der Waals surface area (Å²) < 4.78 is 7.21. The Bertz CT molecular complexity index is 855. The highest BCUT2D eigenvalue weighted by Crippen LogP contribution is 2.28. The number of aromatic nitrogens is 1. The number of rotatable bonds is 3. The number of carbonyl (C=O) groups excluding carboxylic acids is 1. The molecule has 1 aromatic heterocycles. The summed E-state index contributed by atoms with van der Waals surface area (Å²) in [5.41, 5.74) is 2.13. The van der Waals surface area contributed by atoms with E-state index in [0.29, 0.717) is 22.0 Å². The number of ether oxygens (including phenoxy) is 1. The summed E-state index contributed by atoms with van der Waals surface area (Å²) in [6.45, 7) is 0. The second kappa shape index (κ2) is 5.73. The molecule has 5 heteroatoms. The first kappa shape index (κ1) is 14.5. The number of fused-ring (bicyclic) bond motifs is 1. The van der Waals surface area contributed by atoms with Gasteiger partial charge in [0.15, 0.2) is 0 Å². The van der Waals surface area contributed by atoms with Crippen LogP contribution in [0.3, 0.4) is 0 Å². The molecule has 0 aliphatic carbocycles. The second-order valence-corrected chi connectivity index (χ2v) is 5.44. The van der Waals surface area contributed by atoms with Crippen LogP contribution in [0.2, 0.25) is 5.02 Å². The number of nitrogens with one attached hydrogen (secondary N) is 1. The fraction of sp³-hybridized carbons (Fsp3) is 0.118. The highest BCUT2D eigenvalue weighted by molar-refractivity contribution is 6.31. The van der Waals surface area contributed by atoms with Gasteiger partial charge in [0.2, 0.25) is 0 Å². The van der Waals surface area contributed by atoms with Gasteiger partial charge in [-0.25, -0.2) is 0 Å². The van der Waals surface area contributed by atoms with Crippen LogP contribution in [0.15, 0.2) is 48.7 Å². The van der Waals surface area contributed by atoms with E-state index in [1.165, 1.54) is 0 Å². The number of hydrogen-bond donors (Lipinski definition) is 1. The molecule has 0 spiro atoms. The lowest BCUT2D eigenvalue weighted by Gasteiger charge is -2.11. The Morgan fingerprint density at radius 2 is 2.00 bits per heavy atom. The van der Waals surface area contributed by atoms with Gasteiger partial charge in [0.25, 0.3) is 5.91 Å². The first-order chi connectivity index (χ1) is 10.6. The number of hydrogen-bond acceptors (Lipinski definition) is 2. The zero-order valence-corrected chi connectivity index (χ0v) is 13.0. The molecule has 0 aliphatic rings. The molecule has 0 aliphatic heterocycles. The van der Waals surface area contributed by atoms with Crippen LogP contribution in [-0.2, 0) is 7.05 Å². The van der Waals surface area contributed by atoms with Crippen molar-refractivity contribution in [2.75, 3.05) is 12.4 Å². The van der Waals surface area contributed by atoms with Crippen molar-refractivity contribution in [2.45, 2.75) is 0 Å². The predicted molar refractivity (Wildman–Crippen MR) is 88.9 cm³/mol. The summed E-state index contributed by atoms with van der Waals surface area (Å²) in [5.74, 6) is 0.362. The van der Waals surface area contributed by atoms with Crippen LogP contribution in [-0.4, -0.2) is 17.6 Å². The first-order valence-corrected chi connectivity index (χ1v) is 7.16. The van der Waals surface area contributed by atoms with E-state index in [-0.39, 0.29) is 5.91 Å². The first-order valence-electron chi connectivity index (χ1n) is 6.78. The lowest BCUT2D eigenvalue weighted by molar-refractivity contribution is 0.102. The lowest BCUT2D eigenvalue weighted by Crippen LogP contribution is -2.12. The molecule has 2 aromatic carbocycles. The average molecular weight is 315 g/mol. The Morgan fingerprint density at radius 1 is 1.18 bits per heavy atom. The third-order valence-corrected chi connectivity index (χ3v) is 3.80. The number of nitrogens with zero attached hydrogens (tertiary/aromatic N) is 1. The number of halogens is 1. The molecular formula is C17H15ClN2O2. The predicted octanol–water partition coefficient (Wildman–Crippen LogP) is 4.09. The molecule has 3 rings (SSSR count). The molecule has 0 radical (unpaired) electrons. The van der Waals surface area contributed by atoms with Crippen LogP contribution in [0.25, 0.3) is 10.9 Å². The van der Waals surface area contributed by atoms with Gasteiger partial charge in [0, 0.05) is 29.3 Å². The van der Waals surface area contributed by atoms with Gasteiger partial charge in [-0.05, 0) is 41.8 Å². The standard InChI is InChI=1S/C17H15ClN2O2/c1-20-8-7-11-3-4-12(9-15(11)20)17(21)19-14-10-13(18)5-6-16(14)22-2/h3-10H,1-2H3,(H,19,21). The number of methoxy groups -OCH3 is 1. The molecule has 0 unspecified atom stereocenters. The quantitative estimate of drug-likeness (QED) is 0.791. The maximum atomic E-state index is 12.5. The summed E-state index contributed by atoms with van der Waals surface area (Å²) in [4.78, 5) is 12.5. The van der Waals surface area contributed by atoms with Gasteiger partial charge in [-0.15, -0.1) is 0 Å². The summed E-state index contributed by atoms with van der Waals surface area (Å²) in [7, 11) is 3.50. The van der Waals surface area contributed by atoms with E-state index < -0.39 is 0 Å². The summed E-state index contributed by atoms with van der Waals surface area (Å²) in [6.07, 6.45) is 1.96. The monoisotopic (exact) mass is 314 g/mol. The minimum absolute atomic E-state index is 0.205. The molecule has 1 N–H and O–H groups in total. The maximum absolute atomic E-state index is 12.5. The van der Waals surface area contributed by atoms with Crippen LogP contribution in [0, 0.1) is 0 Å². The van der Waals surface area contributed by atoms with E-state index in [0.717, 1.165) is 10.9 Å². The van der Waals surface area contributed by atoms with Crippen molar-refractivity contribution in [3.63, 3.8) is 0 Å². The normalized spacial score (nSPS) is 10.7. The molecule has 1 amide bonds. The number of benzene rings is 2. The van der Waals surface area contributed by atoms with Crippen LogP contribution in [0.1, 0.15) is 10.4 Å². The average Bonchev–Trinajstić information content (AvgIpc) is 2.88. The minimum atomic E-state index is -0.205. The number of anilines is 1. The molecule has 1 heterocycles. The van der Waals surface area contributed by atoms with Crippen molar-refractivity contribution in [3.8, 4) is 5.75 Å². The molecule has 0 atom stereocenters. The van der Waals surface area contributed by atoms with Crippen LogP contribution in [0.4, 0.5) is 5.69 Å². The van der Waals surface area contributed by atoms with Gasteiger partial charge in [-0.2, -0.15) is 0 Å². The SMILES string of the molecule is COc1ccc(Cl)cc1NC(=O)c1ccc2ccn(C)c2c1. The Balaban J connectivity index is 1.93. The fourth-order valence-corrected chi connectivity index (χ4v) is 2.55. The Kier molecular flexibility index (Phi) is 3.77. The van der Waals surface area contributed by atoms with E-state index in [1.807, 2.05) is 36.0 Å². The van der Waals surface area contributed by atoms with E-state index >= 15 is 0 Å². The number of aryl methyl sites for hydroxylation is 1. The van der Waals surface area contributed by atoms with Crippen molar-refractivity contribution in [3.05, 3.63) is 59.2 Å². The molecule has 22 heavy (non-hydrogen) atoms. The van der Waals surface area contributed by atoms with Gasteiger partial charge < -0.3 is 14.6 Å². The number of amides is 1. The highest BCUT2D eigenvalue weighted by Gasteiger charge is 2.11. The van der Waals surface area contributed by atoms with Crippen molar-refractivity contribution in [1.82, 2.24) is 4.57 Å². The van der Waals surface area contributed by atoms with E-state index in [2.05, 4.69) is 5.32 Å². The fourth-order valence-electron chi connectivity index (χ4n) is 2.38. The molecule has 0 bridgehead atoms. The highest BCUT2D eigenvalue weighted by atomic mass is 35.5. The number of carbonyl (C=O) groups is 1. The van der Waals surface area contributed by atoms with E-state index in [4.69, 9.17) is 16.3 Å². The van der Waals surface area contributed by atoms with Gasteiger partial charge in [-0.1, -0.05) is 17.7 Å². The van der Waals surface area contributed by atoms with Gasteiger partial charge >= 0.3 is 0 Å². The molecule has 3 aromatic rings. The van der Waals surface area contributed by atoms with Crippen molar-refractivity contribution in [1.29, 1.82) is 0 Å². The Hall–Kier alpha value is -2.46. The van der Waals surface area contributed by atoms with Crippen molar-refractivity contribution < 1.29 is 9.53 Å². The van der Waals surface area contributed by atoms with Crippen molar-refractivity contribution >= 4 is 34.1 Å². The van der Waals surface area contributed by atoms with Crippen LogP contribution in [0.5, 0.6) is 5.75 Å². The molecule has 0 saturated carbocycles. The van der Waals surface area contributed by atoms with Crippen LogP contribution >= 0.6 is 11.6 Å². The van der Waals surface area contributed by atoms with E-state index in [9.17, 15) is 4.79 Å². The molecule has 0 fully saturated rings. The molecule has 4 nitrogen and oxygen atoms in total. The second-order valence-electron chi connectivity index (χ2n) is 5.00. The Morgan fingerprint density at radius 3 is 2.77 bits per heavy atom. The molecule has 112 valence electrons. The van der Waals surface area contributed by atoms with Crippen molar-refractivity contribution in [2.24, 2.45) is 7.05 Å². The van der Waals surface area contributed by atoms with Gasteiger partial charge in [0.1, 0.15) is 5.75 Å². The Labute approximate surface area is 133 Å². The zero-order chi connectivity index (χ0) is 15.7. The lowest BCUT2D eigenvalue weighted by atomic mass is 10.1. The summed E-state index contributed by atoms with van der Waals surface area (Å²) >= 11 is 5.98. The largest absolute Gasteiger partial charge is 0.495 e.